The van der Waals surface area contributed by atoms with Crippen molar-refractivity contribution in [3.05, 3.63) is 56.5 Å². The Morgan fingerprint density at radius 2 is 1.89 bits per heavy atom. The topological polar surface area (TPSA) is 12.0 Å². The predicted molar refractivity (Wildman–Crippen MR) is 80.4 cm³/mol. The maximum absolute atomic E-state index is 13.6. The second kappa shape index (κ2) is 5.85. The van der Waals surface area contributed by atoms with Crippen LogP contribution in [0.3, 0.4) is 0 Å². The van der Waals surface area contributed by atoms with E-state index in [1.54, 1.807) is 23.5 Å². The van der Waals surface area contributed by atoms with E-state index in [9.17, 15) is 4.39 Å². The van der Waals surface area contributed by atoms with Crippen LogP contribution in [0.5, 0.6) is 0 Å². The monoisotopic (exact) mass is 277 g/mol. The maximum Gasteiger partial charge on any atom is 0.123 e. The zero-order chi connectivity index (χ0) is 14.0. The molecular weight excluding hydrogens is 257 g/mol. The lowest BCUT2D eigenvalue weighted by Gasteiger charge is -2.19. The summed E-state index contributed by atoms with van der Waals surface area (Å²) in [5.74, 6) is -0.164. The fraction of sp³-hybridized carbons (Fsp3) is 0.375. The van der Waals surface area contributed by atoms with Gasteiger partial charge in [-0.25, -0.2) is 4.39 Å². The van der Waals surface area contributed by atoms with E-state index in [1.807, 2.05) is 6.92 Å². The molecule has 1 heterocycles. The Morgan fingerprint density at radius 3 is 2.42 bits per heavy atom. The molecule has 102 valence electrons. The van der Waals surface area contributed by atoms with E-state index in [-0.39, 0.29) is 11.9 Å². The second-order valence-corrected chi connectivity index (χ2v) is 6.38. The lowest BCUT2D eigenvalue weighted by Crippen LogP contribution is -2.22. The highest BCUT2D eigenvalue weighted by Gasteiger charge is 2.18. The second-order valence-electron chi connectivity index (χ2n) is 4.92. The molecule has 0 fully saturated rings. The molecule has 1 nitrogen and oxygen atoms in total. The third-order valence-corrected chi connectivity index (χ3v) is 4.18. The summed E-state index contributed by atoms with van der Waals surface area (Å²) in [5.41, 5.74) is 3.22. The number of aryl methyl sites for hydroxylation is 3. The van der Waals surface area contributed by atoms with Gasteiger partial charge in [0.1, 0.15) is 5.82 Å². The fourth-order valence-electron chi connectivity index (χ4n) is 2.48. The van der Waals surface area contributed by atoms with Crippen LogP contribution in [0.15, 0.2) is 24.3 Å². The minimum atomic E-state index is -0.164. The number of hydrogen-bond donors (Lipinski definition) is 1. The van der Waals surface area contributed by atoms with Crippen LogP contribution in [-0.2, 0) is 0 Å². The van der Waals surface area contributed by atoms with Crippen LogP contribution < -0.4 is 5.32 Å². The third kappa shape index (κ3) is 3.23. The molecule has 2 rings (SSSR count). The highest BCUT2D eigenvalue weighted by molar-refractivity contribution is 7.12. The van der Waals surface area contributed by atoms with Crippen molar-refractivity contribution in [2.75, 3.05) is 6.54 Å². The van der Waals surface area contributed by atoms with Crippen molar-refractivity contribution >= 4 is 11.3 Å². The number of rotatable bonds is 4. The molecule has 3 heteroatoms. The minimum absolute atomic E-state index is 0.0735. The first-order chi connectivity index (χ1) is 9.01. The quantitative estimate of drug-likeness (QED) is 0.867. The van der Waals surface area contributed by atoms with Crippen molar-refractivity contribution in [1.29, 1.82) is 0 Å². The Labute approximate surface area is 118 Å². The van der Waals surface area contributed by atoms with E-state index in [0.717, 1.165) is 17.7 Å². The van der Waals surface area contributed by atoms with E-state index in [2.05, 4.69) is 38.2 Å². The largest absolute Gasteiger partial charge is 0.306 e. The van der Waals surface area contributed by atoms with Gasteiger partial charge in [0.05, 0.1) is 6.04 Å². The fourth-order valence-corrected chi connectivity index (χ4v) is 3.44. The van der Waals surface area contributed by atoms with Gasteiger partial charge < -0.3 is 5.32 Å². The number of hydrogen-bond acceptors (Lipinski definition) is 2. The summed E-state index contributed by atoms with van der Waals surface area (Å²) in [7, 11) is 0. The molecule has 0 radical (unpaired) electrons. The van der Waals surface area contributed by atoms with Crippen LogP contribution in [0, 0.1) is 26.6 Å². The molecule has 1 aromatic carbocycles. The molecule has 1 unspecified atom stereocenters. The average molecular weight is 277 g/mol. The zero-order valence-electron chi connectivity index (χ0n) is 11.9. The van der Waals surface area contributed by atoms with Crippen molar-refractivity contribution < 1.29 is 4.39 Å². The van der Waals surface area contributed by atoms with Crippen LogP contribution in [-0.4, -0.2) is 6.54 Å². The lowest BCUT2D eigenvalue weighted by atomic mass is 9.97. The van der Waals surface area contributed by atoms with E-state index in [4.69, 9.17) is 0 Å². The van der Waals surface area contributed by atoms with Gasteiger partial charge >= 0.3 is 0 Å². The first kappa shape index (κ1) is 14.2. The van der Waals surface area contributed by atoms with Crippen molar-refractivity contribution in [3.63, 3.8) is 0 Å². The Morgan fingerprint density at radius 1 is 1.16 bits per heavy atom. The van der Waals surface area contributed by atoms with Crippen molar-refractivity contribution in [2.24, 2.45) is 0 Å². The number of thiophene rings is 1. The van der Waals surface area contributed by atoms with Crippen LogP contribution >= 0.6 is 11.3 Å². The van der Waals surface area contributed by atoms with Gasteiger partial charge in [0.25, 0.3) is 0 Å². The Hall–Kier alpha value is -1.19. The van der Waals surface area contributed by atoms with E-state index in [0.29, 0.717) is 0 Å². The van der Waals surface area contributed by atoms with E-state index >= 15 is 0 Å². The highest BCUT2D eigenvalue weighted by atomic mass is 32.1. The summed E-state index contributed by atoms with van der Waals surface area (Å²) in [6.07, 6.45) is 0. The van der Waals surface area contributed by atoms with Gasteiger partial charge in [0, 0.05) is 9.75 Å². The molecule has 1 atom stereocenters. The molecule has 1 aromatic heterocycles. The molecule has 1 N–H and O–H groups in total. The molecule has 2 aromatic rings. The van der Waals surface area contributed by atoms with Gasteiger partial charge in [-0.3, -0.25) is 0 Å². The number of halogens is 1. The molecule has 0 bridgehead atoms. The number of nitrogens with one attached hydrogen (secondary N) is 1. The molecule has 0 saturated heterocycles. The molecule has 19 heavy (non-hydrogen) atoms. The lowest BCUT2D eigenvalue weighted by molar-refractivity contribution is 0.601. The smallest absolute Gasteiger partial charge is 0.123 e. The predicted octanol–water partition coefficient (Wildman–Crippen LogP) is 4.51. The van der Waals surface area contributed by atoms with Crippen LogP contribution in [0.1, 0.15) is 39.4 Å². The summed E-state index contributed by atoms with van der Waals surface area (Å²) in [6.45, 7) is 9.11. The first-order valence-electron chi connectivity index (χ1n) is 6.58. The third-order valence-electron chi connectivity index (χ3n) is 3.20. The molecule has 0 aliphatic rings. The minimum Gasteiger partial charge on any atom is -0.306 e. The van der Waals surface area contributed by atoms with Crippen molar-refractivity contribution in [3.8, 4) is 0 Å². The van der Waals surface area contributed by atoms with E-state index in [1.165, 1.54) is 15.3 Å². The summed E-state index contributed by atoms with van der Waals surface area (Å²) in [6, 6.07) is 7.53. The van der Waals surface area contributed by atoms with Gasteiger partial charge in [-0.05, 0) is 62.2 Å². The molecular formula is C16H20FNS. The number of benzene rings is 1. The van der Waals surface area contributed by atoms with Gasteiger partial charge in [-0.1, -0.05) is 13.0 Å². The van der Waals surface area contributed by atoms with Crippen LogP contribution in [0.4, 0.5) is 4.39 Å². The Bertz CT molecular complexity index is 554. The molecule has 0 aliphatic heterocycles. The van der Waals surface area contributed by atoms with Crippen molar-refractivity contribution in [2.45, 2.75) is 33.7 Å². The molecule has 0 saturated carbocycles. The molecule has 0 amide bonds. The highest BCUT2D eigenvalue weighted by Crippen LogP contribution is 2.31. The van der Waals surface area contributed by atoms with Crippen LogP contribution in [0.2, 0.25) is 0 Å². The van der Waals surface area contributed by atoms with Gasteiger partial charge in [-0.15, -0.1) is 11.3 Å². The summed E-state index contributed by atoms with van der Waals surface area (Å²) in [5, 5.41) is 3.46. The summed E-state index contributed by atoms with van der Waals surface area (Å²) < 4.78 is 13.6. The SMILES string of the molecule is CCNC(c1cc(C)cc(F)c1)c1cc(C)sc1C. The van der Waals surface area contributed by atoms with Crippen molar-refractivity contribution in [1.82, 2.24) is 5.32 Å². The van der Waals surface area contributed by atoms with Gasteiger partial charge in [0.15, 0.2) is 0 Å². The maximum atomic E-state index is 13.6. The van der Waals surface area contributed by atoms with Crippen LogP contribution in [0.25, 0.3) is 0 Å². The first-order valence-corrected chi connectivity index (χ1v) is 7.40. The standard InChI is InChI=1S/C16H20FNS/c1-5-18-16(15-8-11(3)19-12(15)4)13-6-10(2)7-14(17)9-13/h6-9,16,18H,5H2,1-4H3. The zero-order valence-corrected chi connectivity index (χ0v) is 12.7. The van der Waals surface area contributed by atoms with Gasteiger partial charge in [0.2, 0.25) is 0 Å². The molecule has 0 spiro atoms. The Balaban J connectivity index is 2.47. The molecule has 0 aliphatic carbocycles. The Kier molecular flexibility index (Phi) is 4.38. The summed E-state index contributed by atoms with van der Waals surface area (Å²) >= 11 is 1.79. The van der Waals surface area contributed by atoms with Gasteiger partial charge in [-0.2, -0.15) is 0 Å². The van der Waals surface area contributed by atoms with E-state index < -0.39 is 0 Å². The normalized spacial score (nSPS) is 12.7. The summed E-state index contributed by atoms with van der Waals surface area (Å²) in [4.78, 5) is 2.59. The average Bonchev–Trinajstić information content (AvgIpc) is 2.64.